The molecule has 106 valence electrons. The minimum Gasteiger partial charge on any atom is -0.338 e. The van der Waals surface area contributed by atoms with Gasteiger partial charge in [0.15, 0.2) is 5.65 Å². The Bertz CT molecular complexity index is 814. The third-order valence-corrected chi connectivity index (χ3v) is 4.20. The summed E-state index contributed by atoms with van der Waals surface area (Å²) < 4.78 is 1.05. The van der Waals surface area contributed by atoms with Gasteiger partial charge in [-0.25, -0.2) is 9.97 Å². The topological polar surface area (TPSA) is 53.9 Å². The van der Waals surface area contributed by atoms with E-state index in [-0.39, 0.29) is 0 Å². The predicted molar refractivity (Wildman–Crippen MR) is 87.6 cm³/mol. The van der Waals surface area contributed by atoms with Crippen LogP contribution in [0.3, 0.4) is 0 Å². The highest BCUT2D eigenvalue weighted by Gasteiger charge is 2.14. The summed E-state index contributed by atoms with van der Waals surface area (Å²) in [4.78, 5) is 16.0. The van der Waals surface area contributed by atoms with E-state index in [1.54, 1.807) is 0 Å². The number of pyridine rings is 1. The summed E-state index contributed by atoms with van der Waals surface area (Å²) in [7, 11) is 0. The molecule has 3 heterocycles. The summed E-state index contributed by atoms with van der Waals surface area (Å²) >= 11 is 3.49. The van der Waals surface area contributed by atoms with Crippen LogP contribution in [-0.2, 0) is 0 Å². The van der Waals surface area contributed by atoms with E-state index >= 15 is 0 Å². The molecule has 21 heavy (non-hydrogen) atoms. The highest BCUT2D eigenvalue weighted by molar-refractivity contribution is 9.10. The zero-order valence-electron chi connectivity index (χ0n) is 11.4. The molecule has 0 amide bonds. The lowest BCUT2D eigenvalue weighted by atomic mass is 10.2. The Labute approximate surface area is 130 Å². The number of aromatic nitrogens is 3. The Hall–Kier alpha value is -1.79. The second kappa shape index (κ2) is 5.20. The fourth-order valence-corrected chi connectivity index (χ4v) is 2.98. The highest BCUT2D eigenvalue weighted by atomic mass is 79.9. The SMILES string of the molecule is Brc1ccc2nc3nc(N4CCNCC4)ncc3cc2c1. The molecule has 1 fully saturated rings. The molecule has 3 aromatic rings. The van der Waals surface area contributed by atoms with Crippen molar-refractivity contribution in [2.75, 3.05) is 31.1 Å². The molecule has 1 saturated heterocycles. The maximum absolute atomic E-state index is 4.66. The van der Waals surface area contributed by atoms with Crippen molar-refractivity contribution in [1.29, 1.82) is 0 Å². The van der Waals surface area contributed by atoms with Gasteiger partial charge in [0.2, 0.25) is 5.95 Å². The first kappa shape index (κ1) is 12.9. The fourth-order valence-electron chi connectivity index (χ4n) is 2.61. The maximum atomic E-state index is 4.66. The number of piperazine rings is 1. The normalized spacial score (nSPS) is 15.8. The lowest BCUT2D eigenvalue weighted by Gasteiger charge is -2.27. The predicted octanol–water partition coefficient (Wildman–Crippen LogP) is 2.35. The first-order chi connectivity index (χ1) is 10.3. The van der Waals surface area contributed by atoms with Crippen LogP contribution < -0.4 is 10.2 Å². The summed E-state index contributed by atoms with van der Waals surface area (Å²) in [5.74, 6) is 0.771. The van der Waals surface area contributed by atoms with Crippen LogP contribution in [0.2, 0.25) is 0 Å². The summed E-state index contributed by atoms with van der Waals surface area (Å²) in [6.45, 7) is 3.82. The van der Waals surface area contributed by atoms with Gasteiger partial charge in [0.25, 0.3) is 0 Å². The smallest absolute Gasteiger partial charge is 0.227 e. The summed E-state index contributed by atoms with van der Waals surface area (Å²) in [6.07, 6.45) is 1.87. The van der Waals surface area contributed by atoms with Gasteiger partial charge in [0.1, 0.15) is 0 Å². The van der Waals surface area contributed by atoms with E-state index in [1.165, 1.54) is 0 Å². The molecule has 0 aliphatic carbocycles. The number of nitrogens with one attached hydrogen (secondary N) is 1. The van der Waals surface area contributed by atoms with Crippen LogP contribution in [0.15, 0.2) is 34.9 Å². The van der Waals surface area contributed by atoms with E-state index in [0.29, 0.717) is 0 Å². The van der Waals surface area contributed by atoms with Crippen LogP contribution in [0.4, 0.5) is 5.95 Å². The van der Waals surface area contributed by atoms with Gasteiger partial charge < -0.3 is 10.2 Å². The minimum absolute atomic E-state index is 0.758. The highest BCUT2D eigenvalue weighted by Crippen LogP contribution is 2.22. The van der Waals surface area contributed by atoms with Crippen molar-refractivity contribution in [2.24, 2.45) is 0 Å². The Morgan fingerprint density at radius 1 is 1.05 bits per heavy atom. The van der Waals surface area contributed by atoms with Gasteiger partial charge in [-0.05, 0) is 24.3 Å². The van der Waals surface area contributed by atoms with E-state index in [1.807, 2.05) is 18.3 Å². The quantitative estimate of drug-likeness (QED) is 0.687. The zero-order valence-corrected chi connectivity index (χ0v) is 13.0. The maximum Gasteiger partial charge on any atom is 0.227 e. The molecule has 0 spiro atoms. The van der Waals surface area contributed by atoms with Crippen LogP contribution in [-0.4, -0.2) is 41.1 Å². The van der Waals surface area contributed by atoms with Gasteiger partial charge in [-0.3, -0.25) is 0 Å². The lowest BCUT2D eigenvalue weighted by molar-refractivity contribution is 0.580. The number of benzene rings is 1. The molecule has 1 N–H and O–H groups in total. The molecular formula is C15H14BrN5. The number of halogens is 1. The molecule has 0 saturated carbocycles. The van der Waals surface area contributed by atoms with Crippen LogP contribution in [0, 0.1) is 0 Å². The number of fused-ring (bicyclic) bond motifs is 2. The van der Waals surface area contributed by atoms with Gasteiger partial charge in [-0.15, -0.1) is 0 Å². The number of rotatable bonds is 1. The van der Waals surface area contributed by atoms with E-state index in [2.05, 4.69) is 53.2 Å². The molecule has 2 aromatic heterocycles. The van der Waals surface area contributed by atoms with E-state index in [0.717, 1.165) is 58.5 Å². The minimum atomic E-state index is 0.758. The van der Waals surface area contributed by atoms with Crippen LogP contribution in [0.1, 0.15) is 0 Å². The van der Waals surface area contributed by atoms with Crippen molar-refractivity contribution in [3.8, 4) is 0 Å². The third kappa shape index (κ3) is 2.45. The number of nitrogens with zero attached hydrogens (tertiary/aromatic N) is 4. The van der Waals surface area contributed by atoms with Crippen LogP contribution >= 0.6 is 15.9 Å². The van der Waals surface area contributed by atoms with Gasteiger partial charge in [0, 0.05) is 47.6 Å². The zero-order chi connectivity index (χ0) is 14.2. The molecule has 0 radical (unpaired) electrons. The van der Waals surface area contributed by atoms with E-state index < -0.39 is 0 Å². The van der Waals surface area contributed by atoms with Crippen molar-refractivity contribution >= 4 is 43.8 Å². The summed E-state index contributed by atoms with van der Waals surface area (Å²) in [5, 5.41) is 5.40. The molecule has 5 nitrogen and oxygen atoms in total. The number of anilines is 1. The fraction of sp³-hybridized carbons (Fsp3) is 0.267. The van der Waals surface area contributed by atoms with Gasteiger partial charge >= 0.3 is 0 Å². The number of hydrogen-bond acceptors (Lipinski definition) is 5. The Balaban J connectivity index is 1.82. The first-order valence-electron chi connectivity index (χ1n) is 6.98. The molecular weight excluding hydrogens is 330 g/mol. The molecule has 6 heteroatoms. The molecule has 1 aromatic carbocycles. The van der Waals surface area contributed by atoms with Crippen molar-refractivity contribution < 1.29 is 0 Å². The summed E-state index contributed by atoms with van der Waals surface area (Å²) in [5.41, 5.74) is 1.71. The van der Waals surface area contributed by atoms with Gasteiger partial charge in [-0.2, -0.15) is 4.98 Å². The summed E-state index contributed by atoms with van der Waals surface area (Å²) in [6, 6.07) is 8.15. The van der Waals surface area contributed by atoms with Gasteiger partial charge in [-0.1, -0.05) is 15.9 Å². The molecule has 0 unspecified atom stereocenters. The van der Waals surface area contributed by atoms with Crippen molar-refractivity contribution in [3.05, 3.63) is 34.9 Å². The molecule has 4 rings (SSSR count). The molecule has 0 atom stereocenters. The first-order valence-corrected chi connectivity index (χ1v) is 7.78. The average Bonchev–Trinajstić information content (AvgIpc) is 2.53. The van der Waals surface area contributed by atoms with Crippen LogP contribution in [0.25, 0.3) is 21.9 Å². The molecule has 0 bridgehead atoms. The second-order valence-corrected chi connectivity index (χ2v) is 6.06. The Morgan fingerprint density at radius 3 is 2.76 bits per heavy atom. The lowest BCUT2D eigenvalue weighted by Crippen LogP contribution is -2.44. The Morgan fingerprint density at radius 2 is 1.90 bits per heavy atom. The van der Waals surface area contributed by atoms with Crippen LogP contribution in [0.5, 0.6) is 0 Å². The standard InChI is InChI=1S/C15H14BrN5/c16-12-1-2-13-10(8-12)7-11-9-18-15(20-14(11)19-13)21-5-3-17-4-6-21/h1-2,7-9,17H,3-6H2. The van der Waals surface area contributed by atoms with E-state index in [4.69, 9.17) is 0 Å². The van der Waals surface area contributed by atoms with Gasteiger partial charge in [0.05, 0.1) is 5.52 Å². The van der Waals surface area contributed by atoms with Crippen molar-refractivity contribution in [2.45, 2.75) is 0 Å². The molecule has 1 aliphatic rings. The monoisotopic (exact) mass is 343 g/mol. The third-order valence-electron chi connectivity index (χ3n) is 3.71. The molecule has 1 aliphatic heterocycles. The van der Waals surface area contributed by atoms with E-state index in [9.17, 15) is 0 Å². The van der Waals surface area contributed by atoms with Crippen molar-refractivity contribution in [3.63, 3.8) is 0 Å². The number of hydrogen-bond donors (Lipinski definition) is 1. The van der Waals surface area contributed by atoms with Crippen molar-refractivity contribution in [1.82, 2.24) is 20.3 Å². The Kier molecular flexibility index (Phi) is 3.20. The average molecular weight is 344 g/mol. The largest absolute Gasteiger partial charge is 0.338 e. The second-order valence-electron chi connectivity index (χ2n) is 5.15.